The van der Waals surface area contributed by atoms with Crippen LogP contribution in [0, 0.1) is 11.7 Å². The Balaban J connectivity index is 2.35. The van der Waals surface area contributed by atoms with E-state index in [4.69, 9.17) is 5.11 Å². The van der Waals surface area contributed by atoms with Gasteiger partial charge in [-0.15, -0.1) is 0 Å². The van der Waals surface area contributed by atoms with Crippen LogP contribution >= 0.6 is 11.8 Å². The largest absolute Gasteiger partial charge is 0.481 e. The summed E-state index contributed by atoms with van der Waals surface area (Å²) in [5, 5.41) is 8.65. The molecule has 0 aromatic heterocycles. The zero-order chi connectivity index (χ0) is 11.3. The summed E-state index contributed by atoms with van der Waals surface area (Å²) < 4.78 is 12.8. The molecule has 0 radical (unpaired) electrons. The molecule has 15 heavy (non-hydrogen) atoms. The quantitative estimate of drug-likeness (QED) is 0.842. The van der Waals surface area contributed by atoms with Crippen LogP contribution in [-0.4, -0.2) is 16.8 Å². The molecule has 0 aliphatic heterocycles. The molecule has 1 N–H and O–H groups in total. The van der Waals surface area contributed by atoms with Crippen molar-refractivity contribution in [2.45, 2.75) is 12.7 Å². The molecule has 1 rings (SSSR count). The van der Waals surface area contributed by atoms with Crippen LogP contribution in [0.15, 0.2) is 24.3 Å². The number of benzene rings is 1. The minimum atomic E-state index is -0.790. The van der Waals surface area contributed by atoms with E-state index in [0.29, 0.717) is 11.5 Å². The Morgan fingerprint density at radius 2 is 2.33 bits per heavy atom. The van der Waals surface area contributed by atoms with Crippen LogP contribution in [0.25, 0.3) is 0 Å². The maximum absolute atomic E-state index is 12.8. The maximum Gasteiger partial charge on any atom is 0.307 e. The van der Waals surface area contributed by atoms with E-state index >= 15 is 0 Å². The lowest BCUT2D eigenvalue weighted by Gasteiger charge is -2.05. The number of aliphatic carboxylic acids is 1. The zero-order valence-electron chi connectivity index (χ0n) is 8.44. The second-order valence-electron chi connectivity index (χ2n) is 3.38. The number of hydrogen-bond donors (Lipinski definition) is 1. The summed E-state index contributed by atoms with van der Waals surface area (Å²) in [4.78, 5) is 10.5. The van der Waals surface area contributed by atoms with Crippen molar-refractivity contribution >= 4 is 17.7 Å². The number of carbonyl (C=O) groups is 1. The summed E-state index contributed by atoms with van der Waals surface area (Å²) in [7, 11) is 0. The molecule has 0 fully saturated rings. The SMILES string of the molecule is CC(CSCc1cccc(F)c1)C(=O)O. The summed E-state index contributed by atoms with van der Waals surface area (Å²) in [6.45, 7) is 1.67. The number of carboxylic acid groups (broad SMARTS) is 1. The van der Waals surface area contributed by atoms with E-state index in [1.54, 1.807) is 13.0 Å². The molecule has 4 heteroatoms. The third kappa shape index (κ3) is 4.34. The third-order valence-corrected chi connectivity index (χ3v) is 3.22. The highest BCUT2D eigenvalue weighted by Crippen LogP contribution is 2.16. The highest BCUT2D eigenvalue weighted by Gasteiger charge is 2.10. The number of carboxylic acids is 1. The summed E-state index contributed by atoms with van der Waals surface area (Å²) in [5.74, 6) is -0.203. The number of thioether (sulfide) groups is 1. The van der Waals surface area contributed by atoms with Gasteiger partial charge in [0, 0.05) is 11.5 Å². The molecule has 0 aliphatic carbocycles. The lowest BCUT2D eigenvalue weighted by molar-refractivity contribution is -0.140. The molecule has 2 nitrogen and oxygen atoms in total. The molecule has 1 aromatic carbocycles. The van der Waals surface area contributed by atoms with Crippen LogP contribution in [0.5, 0.6) is 0 Å². The van der Waals surface area contributed by atoms with Crippen LogP contribution in [0.2, 0.25) is 0 Å². The van der Waals surface area contributed by atoms with Crippen molar-refractivity contribution in [1.29, 1.82) is 0 Å². The molecule has 0 aliphatic rings. The van der Waals surface area contributed by atoms with Gasteiger partial charge in [0.2, 0.25) is 0 Å². The molecule has 1 atom stereocenters. The van der Waals surface area contributed by atoms with Gasteiger partial charge in [0.1, 0.15) is 5.82 Å². The maximum atomic E-state index is 12.8. The van der Waals surface area contributed by atoms with E-state index in [1.165, 1.54) is 23.9 Å². The first-order valence-electron chi connectivity index (χ1n) is 4.64. The molecule has 0 saturated heterocycles. The fourth-order valence-electron chi connectivity index (χ4n) is 1.05. The van der Waals surface area contributed by atoms with Crippen molar-refractivity contribution in [2.24, 2.45) is 5.92 Å². The Bertz CT molecular complexity index is 341. The van der Waals surface area contributed by atoms with E-state index in [2.05, 4.69) is 0 Å². The van der Waals surface area contributed by atoms with Crippen molar-refractivity contribution in [1.82, 2.24) is 0 Å². The van der Waals surface area contributed by atoms with Crippen molar-refractivity contribution < 1.29 is 14.3 Å². The van der Waals surface area contributed by atoms with Crippen LogP contribution in [-0.2, 0) is 10.5 Å². The molecule has 0 heterocycles. The summed E-state index contributed by atoms with van der Waals surface area (Å²) >= 11 is 1.50. The molecule has 1 unspecified atom stereocenters. The van der Waals surface area contributed by atoms with Gasteiger partial charge in [0.05, 0.1) is 5.92 Å². The minimum absolute atomic E-state index is 0.251. The van der Waals surface area contributed by atoms with Crippen molar-refractivity contribution in [3.63, 3.8) is 0 Å². The van der Waals surface area contributed by atoms with Gasteiger partial charge < -0.3 is 5.11 Å². The number of halogens is 1. The average Bonchev–Trinajstić information content (AvgIpc) is 2.17. The van der Waals surface area contributed by atoms with Gasteiger partial charge >= 0.3 is 5.97 Å². The standard InChI is InChI=1S/C11H13FO2S/c1-8(11(13)14)6-15-7-9-3-2-4-10(12)5-9/h2-5,8H,6-7H2,1H3,(H,13,14). The summed E-state index contributed by atoms with van der Waals surface area (Å²) in [6, 6.07) is 6.36. The number of rotatable bonds is 5. The average molecular weight is 228 g/mol. The first kappa shape index (κ1) is 12.0. The van der Waals surface area contributed by atoms with Crippen molar-refractivity contribution in [3.8, 4) is 0 Å². The van der Waals surface area contributed by atoms with Crippen molar-refractivity contribution in [3.05, 3.63) is 35.6 Å². The topological polar surface area (TPSA) is 37.3 Å². The highest BCUT2D eigenvalue weighted by atomic mass is 32.2. The first-order chi connectivity index (χ1) is 7.09. The third-order valence-electron chi connectivity index (χ3n) is 1.95. The Kier molecular flexibility index (Phi) is 4.62. The minimum Gasteiger partial charge on any atom is -0.481 e. The van der Waals surface area contributed by atoms with Gasteiger partial charge in [-0.05, 0) is 17.7 Å². The zero-order valence-corrected chi connectivity index (χ0v) is 9.26. The van der Waals surface area contributed by atoms with Crippen LogP contribution in [0.3, 0.4) is 0 Å². The van der Waals surface area contributed by atoms with Gasteiger partial charge in [-0.1, -0.05) is 19.1 Å². The first-order valence-corrected chi connectivity index (χ1v) is 5.80. The highest BCUT2D eigenvalue weighted by molar-refractivity contribution is 7.98. The molecular formula is C11H13FO2S. The summed E-state index contributed by atoms with van der Waals surface area (Å²) in [6.07, 6.45) is 0. The molecule has 82 valence electrons. The monoisotopic (exact) mass is 228 g/mol. The molecule has 0 amide bonds. The predicted octanol–water partition coefficient (Wildman–Crippen LogP) is 2.78. The normalized spacial score (nSPS) is 12.4. The van der Waals surface area contributed by atoms with Gasteiger partial charge in [-0.3, -0.25) is 4.79 Å². The predicted molar refractivity (Wildman–Crippen MR) is 59.4 cm³/mol. The van der Waals surface area contributed by atoms with Crippen LogP contribution in [0.4, 0.5) is 4.39 Å². The van der Waals surface area contributed by atoms with Crippen molar-refractivity contribution in [2.75, 3.05) is 5.75 Å². The second kappa shape index (κ2) is 5.75. The number of hydrogen-bond acceptors (Lipinski definition) is 2. The lowest BCUT2D eigenvalue weighted by atomic mass is 10.2. The Morgan fingerprint density at radius 1 is 1.60 bits per heavy atom. The summed E-state index contributed by atoms with van der Waals surface area (Å²) in [5.41, 5.74) is 0.887. The van der Waals surface area contributed by atoms with Gasteiger partial charge in [-0.25, -0.2) is 4.39 Å². The van der Waals surface area contributed by atoms with Crippen LogP contribution in [0.1, 0.15) is 12.5 Å². The van der Waals surface area contributed by atoms with E-state index in [1.807, 2.05) is 6.07 Å². The van der Waals surface area contributed by atoms with E-state index in [9.17, 15) is 9.18 Å². The fraction of sp³-hybridized carbons (Fsp3) is 0.364. The Morgan fingerprint density at radius 3 is 2.93 bits per heavy atom. The van der Waals surface area contributed by atoms with Gasteiger partial charge in [0.25, 0.3) is 0 Å². The Labute approximate surface area is 92.5 Å². The fourth-order valence-corrected chi connectivity index (χ4v) is 2.08. The smallest absolute Gasteiger partial charge is 0.307 e. The van der Waals surface area contributed by atoms with Gasteiger partial charge in [-0.2, -0.15) is 11.8 Å². The molecule has 1 aromatic rings. The van der Waals surface area contributed by atoms with E-state index < -0.39 is 5.97 Å². The van der Waals surface area contributed by atoms with E-state index in [0.717, 1.165) is 5.56 Å². The van der Waals surface area contributed by atoms with Gasteiger partial charge in [0.15, 0.2) is 0 Å². The molecule has 0 spiro atoms. The van der Waals surface area contributed by atoms with E-state index in [-0.39, 0.29) is 11.7 Å². The Hall–Kier alpha value is -1.03. The lowest BCUT2D eigenvalue weighted by Crippen LogP contribution is -2.11. The molecular weight excluding hydrogens is 215 g/mol. The second-order valence-corrected chi connectivity index (χ2v) is 4.41. The molecule has 0 saturated carbocycles. The van der Waals surface area contributed by atoms with Crippen LogP contribution < -0.4 is 0 Å². The molecule has 0 bridgehead atoms.